The van der Waals surface area contributed by atoms with Crippen LogP contribution in [0.25, 0.3) is 0 Å². The first kappa shape index (κ1) is 12.5. The van der Waals surface area contributed by atoms with Crippen molar-refractivity contribution in [2.75, 3.05) is 6.61 Å². The predicted octanol–water partition coefficient (Wildman–Crippen LogP) is 3.66. The van der Waals surface area contributed by atoms with E-state index in [9.17, 15) is 0 Å². The van der Waals surface area contributed by atoms with E-state index in [1.165, 1.54) is 0 Å². The third-order valence-corrected chi connectivity index (χ3v) is 4.71. The lowest BCUT2D eigenvalue weighted by Gasteiger charge is -2.06. The molecule has 19 heavy (non-hydrogen) atoms. The van der Waals surface area contributed by atoms with Gasteiger partial charge in [-0.3, -0.25) is 0 Å². The molecule has 1 aliphatic rings. The van der Waals surface area contributed by atoms with Crippen LogP contribution in [0.1, 0.15) is 10.4 Å². The number of benzene rings is 1. The number of rotatable bonds is 3. The minimum atomic E-state index is 0.297. The van der Waals surface area contributed by atoms with Crippen molar-refractivity contribution >= 4 is 33.0 Å². The largest absolute Gasteiger partial charge is 0.488 e. The lowest BCUT2D eigenvalue weighted by molar-refractivity contribution is 0.305. The Morgan fingerprint density at radius 1 is 1.42 bits per heavy atom. The maximum Gasteiger partial charge on any atom is 0.134 e. The first-order chi connectivity index (χ1) is 9.28. The Bertz CT molecular complexity index is 639. The van der Waals surface area contributed by atoms with Crippen molar-refractivity contribution in [3.8, 4) is 11.5 Å². The Kier molecular flexibility index (Phi) is 3.44. The molecular formula is C13H10BrNO3S. The van der Waals surface area contributed by atoms with E-state index >= 15 is 0 Å². The highest BCUT2D eigenvalue weighted by atomic mass is 79.9. The minimum Gasteiger partial charge on any atom is -0.488 e. The second-order valence-corrected chi connectivity index (χ2v) is 5.83. The lowest BCUT2D eigenvalue weighted by atomic mass is 10.1. The van der Waals surface area contributed by atoms with Crippen LogP contribution in [-0.2, 0) is 6.61 Å². The van der Waals surface area contributed by atoms with Crippen LogP contribution in [0.5, 0.6) is 11.5 Å². The molecule has 0 saturated heterocycles. The third-order valence-electron chi connectivity index (χ3n) is 2.81. The summed E-state index contributed by atoms with van der Waals surface area (Å²) in [6, 6.07) is 7.50. The van der Waals surface area contributed by atoms with E-state index in [4.69, 9.17) is 14.7 Å². The molecule has 3 rings (SSSR count). The molecule has 0 radical (unpaired) electrons. The van der Waals surface area contributed by atoms with Gasteiger partial charge in [-0.1, -0.05) is 5.16 Å². The van der Waals surface area contributed by atoms with E-state index in [0.29, 0.717) is 24.7 Å². The fourth-order valence-electron chi connectivity index (χ4n) is 1.83. The first-order valence-electron chi connectivity index (χ1n) is 5.61. The monoisotopic (exact) mass is 339 g/mol. The smallest absolute Gasteiger partial charge is 0.134 e. The summed E-state index contributed by atoms with van der Waals surface area (Å²) in [5.41, 5.74) is 1.36. The molecular weight excluding hydrogens is 330 g/mol. The average molecular weight is 340 g/mol. The van der Waals surface area contributed by atoms with Crippen molar-refractivity contribution in [1.29, 1.82) is 0 Å². The van der Waals surface area contributed by atoms with Crippen LogP contribution < -0.4 is 9.47 Å². The van der Waals surface area contributed by atoms with E-state index < -0.39 is 0 Å². The molecule has 6 heteroatoms. The van der Waals surface area contributed by atoms with Gasteiger partial charge in [0, 0.05) is 16.1 Å². The van der Waals surface area contributed by atoms with Crippen LogP contribution in [0.3, 0.4) is 0 Å². The zero-order valence-corrected chi connectivity index (χ0v) is 12.2. The zero-order valence-electron chi connectivity index (χ0n) is 9.80. The Morgan fingerprint density at radius 2 is 2.32 bits per heavy atom. The van der Waals surface area contributed by atoms with Gasteiger partial charge in [-0.15, -0.1) is 11.3 Å². The fourth-order valence-corrected chi connectivity index (χ4v) is 3.21. The lowest BCUT2D eigenvalue weighted by Crippen LogP contribution is -2.01. The Morgan fingerprint density at radius 3 is 3.05 bits per heavy atom. The second-order valence-electron chi connectivity index (χ2n) is 3.97. The SMILES string of the molecule is ON=C1COc2cc(OCc3sccc3Br)ccc21. The quantitative estimate of drug-likeness (QED) is 0.685. The molecule has 0 saturated carbocycles. The van der Waals surface area contributed by atoms with Crippen LogP contribution >= 0.6 is 27.3 Å². The molecule has 1 aliphatic heterocycles. The molecule has 0 amide bonds. The van der Waals surface area contributed by atoms with Gasteiger partial charge in [-0.25, -0.2) is 0 Å². The zero-order chi connectivity index (χ0) is 13.2. The number of hydrogen-bond acceptors (Lipinski definition) is 5. The average Bonchev–Trinajstić information content (AvgIpc) is 3.01. The minimum absolute atomic E-state index is 0.297. The molecule has 4 nitrogen and oxygen atoms in total. The van der Waals surface area contributed by atoms with Crippen LogP contribution in [-0.4, -0.2) is 17.5 Å². The van der Waals surface area contributed by atoms with Crippen molar-refractivity contribution in [3.63, 3.8) is 0 Å². The molecule has 98 valence electrons. The van der Waals surface area contributed by atoms with Crippen LogP contribution in [0.4, 0.5) is 0 Å². The number of fused-ring (bicyclic) bond motifs is 1. The highest BCUT2D eigenvalue weighted by Crippen LogP contribution is 2.31. The van der Waals surface area contributed by atoms with Crippen LogP contribution in [0, 0.1) is 0 Å². The van der Waals surface area contributed by atoms with E-state index in [1.54, 1.807) is 11.3 Å². The van der Waals surface area contributed by atoms with Gasteiger partial charge in [0.2, 0.25) is 0 Å². The highest BCUT2D eigenvalue weighted by molar-refractivity contribution is 9.10. The number of thiophene rings is 1. The second kappa shape index (κ2) is 5.22. The van der Waals surface area contributed by atoms with Crippen molar-refractivity contribution in [1.82, 2.24) is 0 Å². The summed E-state index contributed by atoms with van der Waals surface area (Å²) >= 11 is 5.11. The van der Waals surface area contributed by atoms with E-state index in [2.05, 4.69) is 21.1 Å². The van der Waals surface area contributed by atoms with Crippen molar-refractivity contribution in [2.24, 2.45) is 5.16 Å². The number of oxime groups is 1. The maximum absolute atomic E-state index is 8.81. The molecule has 0 unspecified atom stereocenters. The topological polar surface area (TPSA) is 51.1 Å². The normalized spacial score (nSPS) is 15.3. The highest BCUT2D eigenvalue weighted by Gasteiger charge is 2.20. The van der Waals surface area contributed by atoms with E-state index in [-0.39, 0.29) is 0 Å². The van der Waals surface area contributed by atoms with Gasteiger partial charge in [0.1, 0.15) is 30.4 Å². The summed E-state index contributed by atoms with van der Waals surface area (Å²) in [5.74, 6) is 1.42. The van der Waals surface area contributed by atoms with Gasteiger partial charge in [-0.2, -0.15) is 0 Å². The Hall–Kier alpha value is -1.53. The first-order valence-corrected chi connectivity index (χ1v) is 7.28. The number of nitrogens with zero attached hydrogens (tertiary/aromatic N) is 1. The molecule has 1 aromatic carbocycles. The molecule has 1 N–H and O–H groups in total. The van der Waals surface area contributed by atoms with Crippen molar-refractivity contribution in [3.05, 3.63) is 44.6 Å². The standard InChI is InChI=1S/C13H10BrNO3S/c14-10-3-4-19-13(10)7-17-8-1-2-9-11(15-16)6-18-12(9)5-8/h1-5,16H,6-7H2. The molecule has 1 aromatic heterocycles. The summed E-state index contributed by atoms with van der Waals surface area (Å²) in [7, 11) is 0. The number of hydrogen-bond donors (Lipinski definition) is 1. The molecule has 0 aliphatic carbocycles. The fraction of sp³-hybridized carbons (Fsp3) is 0.154. The number of ether oxygens (including phenoxy) is 2. The van der Waals surface area contributed by atoms with Gasteiger partial charge in [-0.05, 0) is 39.5 Å². The molecule has 2 heterocycles. The van der Waals surface area contributed by atoms with Gasteiger partial charge in [0.15, 0.2) is 0 Å². The molecule has 0 atom stereocenters. The van der Waals surface area contributed by atoms with Crippen LogP contribution in [0.15, 0.2) is 39.3 Å². The molecule has 0 bridgehead atoms. The third kappa shape index (κ3) is 2.46. The predicted molar refractivity (Wildman–Crippen MR) is 76.6 cm³/mol. The summed E-state index contributed by atoms with van der Waals surface area (Å²) in [4.78, 5) is 1.14. The molecule has 2 aromatic rings. The Labute approximate surface area is 122 Å². The summed E-state index contributed by atoms with van der Waals surface area (Å²) in [6.07, 6.45) is 0. The van der Waals surface area contributed by atoms with E-state index in [0.717, 1.165) is 20.7 Å². The van der Waals surface area contributed by atoms with Gasteiger partial charge < -0.3 is 14.7 Å². The van der Waals surface area contributed by atoms with Crippen LogP contribution in [0.2, 0.25) is 0 Å². The summed E-state index contributed by atoms with van der Waals surface area (Å²) < 4.78 is 12.2. The van der Waals surface area contributed by atoms with Gasteiger partial charge in [0.25, 0.3) is 0 Å². The molecule has 0 spiro atoms. The number of halogens is 1. The Balaban J connectivity index is 1.75. The summed E-state index contributed by atoms with van der Waals surface area (Å²) in [6.45, 7) is 0.809. The molecule has 0 fully saturated rings. The van der Waals surface area contributed by atoms with Crippen molar-refractivity contribution in [2.45, 2.75) is 6.61 Å². The maximum atomic E-state index is 8.81. The van der Waals surface area contributed by atoms with E-state index in [1.807, 2.05) is 29.6 Å². The van der Waals surface area contributed by atoms with Gasteiger partial charge >= 0.3 is 0 Å². The van der Waals surface area contributed by atoms with Crippen molar-refractivity contribution < 1.29 is 14.7 Å². The van der Waals surface area contributed by atoms with Gasteiger partial charge in [0.05, 0.1) is 4.88 Å². The summed E-state index contributed by atoms with van der Waals surface area (Å²) in [5, 5.41) is 14.0.